The smallest absolute Gasteiger partial charge is 0.239 e. The molecule has 0 saturated heterocycles. The topological polar surface area (TPSA) is 44.1 Å². The van der Waals surface area contributed by atoms with Gasteiger partial charge in [-0.2, -0.15) is 5.26 Å². The summed E-state index contributed by atoms with van der Waals surface area (Å²) in [5, 5.41) is 9.23. The van der Waals surface area contributed by atoms with Crippen LogP contribution in [0.25, 0.3) is 0 Å². The molecule has 0 radical (unpaired) electrons. The molecule has 0 bridgehead atoms. The summed E-state index contributed by atoms with van der Waals surface area (Å²) >= 11 is 5.77. The third-order valence-corrected chi connectivity index (χ3v) is 2.89. The van der Waals surface area contributed by atoms with Crippen LogP contribution in [0.5, 0.6) is 0 Å². The van der Waals surface area contributed by atoms with Crippen LogP contribution >= 0.6 is 11.6 Å². The zero-order valence-electron chi connectivity index (χ0n) is 10.3. The Labute approximate surface area is 111 Å². The standard InChI is InChI=1S/C13H14ClFN2O/c1-3-9(7-16)13(18)17(2)8-10-6-11(14)4-5-12(10)15/h4-6,9H,3,8H2,1-2H3. The Bertz CT molecular complexity index is 484. The molecule has 1 unspecified atom stereocenters. The molecule has 1 aromatic carbocycles. The fourth-order valence-corrected chi connectivity index (χ4v) is 1.78. The van der Waals surface area contributed by atoms with E-state index in [0.717, 1.165) is 0 Å². The molecule has 3 nitrogen and oxygen atoms in total. The summed E-state index contributed by atoms with van der Waals surface area (Å²) < 4.78 is 13.5. The molecule has 0 spiro atoms. The first kappa shape index (κ1) is 14.5. The maximum absolute atomic E-state index is 13.5. The Morgan fingerprint density at radius 3 is 2.83 bits per heavy atom. The quantitative estimate of drug-likeness (QED) is 0.843. The molecule has 96 valence electrons. The van der Waals surface area contributed by atoms with Crippen LogP contribution in [-0.2, 0) is 11.3 Å². The number of amides is 1. The first-order valence-electron chi connectivity index (χ1n) is 5.58. The highest BCUT2D eigenvalue weighted by molar-refractivity contribution is 6.30. The lowest BCUT2D eigenvalue weighted by Gasteiger charge is -2.19. The minimum Gasteiger partial charge on any atom is -0.340 e. The third kappa shape index (κ3) is 3.44. The van der Waals surface area contributed by atoms with Crippen LogP contribution in [-0.4, -0.2) is 17.9 Å². The van der Waals surface area contributed by atoms with Crippen LogP contribution in [0.2, 0.25) is 5.02 Å². The van der Waals surface area contributed by atoms with E-state index in [0.29, 0.717) is 17.0 Å². The lowest BCUT2D eigenvalue weighted by Crippen LogP contribution is -2.31. The second kappa shape index (κ2) is 6.36. The summed E-state index contributed by atoms with van der Waals surface area (Å²) in [5.74, 6) is -1.40. The number of nitriles is 1. The molecule has 0 fully saturated rings. The molecule has 0 aliphatic rings. The van der Waals surface area contributed by atoms with Gasteiger partial charge in [0.15, 0.2) is 0 Å². The fraction of sp³-hybridized carbons (Fsp3) is 0.385. The first-order valence-corrected chi connectivity index (χ1v) is 5.96. The van der Waals surface area contributed by atoms with E-state index in [1.807, 2.05) is 6.07 Å². The van der Waals surface area contributed by atoms with Crippen molar-refractivity contribution in [2.24, 2.45) is 5.92 Å². The summed E-state index contributed by atoms with van der Waals surface area (Å²) in [7, 11) is 1.54. The second-order valence-electron chi connectivity index (χ2n) is 4.02. The monoisotopic (exact) mass is 268 g/mol. The number of rotatable bonds is 4. The maximum atomic E-state index is 13.5. The molecular formula is C13H14ClFN2O. The van der Waals surface area contributed by atoms with E-state index in [1.165, 1.54) is 23.1 Å². The Kier molecular flexibility index (Phi) is 5.11. The van der Waals surface area contributed by atoms with Crippen LogP contribution in [0, 0.1) is 23.1 Å². The van der Waals surface area contributed by atoms with Crippen molar-refractivity contribution in [3.05, 3.63) is 34.6 Å². The van der Waals surface area contributed by atoms with Gasteiger partial charge in [-0.3, -0.25) is 4.79 Å². The van der Waals surface area contributed by atoms with Gasteiger partial charge >= 0.3 is 0 Å². The molecular weight excluding hydrogens is 255 g/mol. The highest BCUT2D eigenvalue weighted by atomic mass is 35.5. The van der Waals surface area contributed by atoms with Crippen LogP contribution in [0.15, 0.2) is 18.2 Å². The van der Waals surface area contributed by atoms with Crippen molar-refractivity contribution in [1.82, 2.24) is 4.90 Å². The van der Waals surface area contributed by atoms with Gasteiger partial charge in [0.1, 0.15) is 11.7 Å². The number of halogens is 2. The lowest BCUT2D eigenvalue weighted by molar-refractivity contribution is -0.133. The third-order valence-electron chi connectivity index (χ3n) is 2.65. The average Bonchev–Trinajstić information content (AvgIpc) is 2.35. The molecule has 1 amide bonds. The summed E-state index contributed by atoms with van der Waals surface area (Å²) in [6, 6.07) is 6.13. The maximum Gasteiger partial charge on any atom is 0.239 e. The minimum absolute atomic E-state index is 0.101. The molecule has 0 aliphatic carbocycles. The van der Waals surface area contributed by atoms with Crippen molar-refractivity contribution in [3.8, 4) is 6.07 Å². The first-order chi connectivity index (χ1) is 8.49. The molecule has 5 heteroatoms. The zero-order chi connectivity index (χ0) is 13.7. The average molecular weight is 269 g/mol. The number of hydrogen-bond acceptors (Lipinski definition) is 2. The van der Waals surface area contributed by atoms with E-state index >= 15 is 0 Å². The summed E-state index contributed by atoms with van der Waals surface area (Å²) in [5.41, 5.74) is 0.339. The Balaban J connectivity index is 2.81. The SMILES string of the molecule is CCC(C#N)C(=O)N(C)Cc1cc(Cl)ccc1F. The molecule has 0 saturated carbocycles. The molecule has 0 aliphatic heterocycles. The summed E-state index contributed by atoms with van der Waals surface area (Å²) in [6.45, 7) is 1.86. The lowest BCUT2D eigenvalue weighted by atomic mass is 10.1. The predicted octanol–water partition coefficient (Wildman–Crippen LogP) is 2.99. The molecule has 0 aromatic heterocycles. The van der Waals surface area contributed by atoms with E-state index in [9.17, 15) is 9.18 Å². The van der Waals surface area contributed by atoms with Crippen LogP contribution in [0.4, 0.5) is 4.39 Å². The molecule has 1 aromatic rings. The van der Waals surface area contributed by atoms with E-state index in [4.69, 9.17) is 16.9 Å². The van der Waals surface area contributed by atoms with Gasteiger partial charge in [-0.15, -0.1) is 0 Å². The molecule has 0 N–H and O–H groups in total. The molecule has 18 heavy (non-hydrogen) atoms. The van der Waals surface area contributed by atoms with Crippen molar-refractivity contribution >= 4 is 17.5 Å². The zero-order valence-corrected chi connectivity index (χ0v) is 11.0. The van der Waals surface area contributed by atoms with Crippen molar-refractivity contribution in [1.29, 1.82) is 5.26 Å². The number of carbonyl (C=O) groups excluding carboxylic acids is 1. The Hall–Kier alpha value is -1.60. The number of hydrogen-bond donors (Lipinski definition) is 0. The van der Waals surface area contributed by atoms with Gasteiger partial charge in [0.25, 0.3) is 0 Å². The molecule has 1 atom stereocenters. The van der Waals surface area contributed by atoms with Crippen LogP contribution in [0.3, 0.4) is 0 Å². The second-order valence-corrected chi connectivity index (χ2v) is 4.46. The minimum atomic E-state index is -0.683. The van der Waals surface area contributed by atoms with Crippen LogP contribution in [0.1, 0.15) is 18.9 Å². The summed E-state index contributed by atoms with van der Waals surface area (Å²) in [4.78, 5) is 13.2. The van der Waals surface area contributed by atoms with Crippen LogP contribution < -0.4 is 0 Å². The van der Waals surface area contributed by atoms with Crippen molar-refractivity contribution in [2.75, 3.05) is 7.05 Å². The van der Waals surface area contributed by atoms with Gasteiger partial charge < -0.3 is 4.90 Å². The Morgan fingerprint density at radius 2 is 2.28 bits per heavy atom. The van der Waals surface area contributed by atoms with Crippen molar-refractivity contribution in [3.63, 3.8) is 0 Å². The Morgan fingerprint density at radius 1 is 1.61 bits per heavy atom. The largest absolute Gasteiger partial charge is 0.340 e. The van der Waals surface area contributed by atoms with E-state index in [1.54, 1.807) is 14.0 Å². The van der Waals surface area contributed by atoms with Gasteiger partial charge in [-0.1, -0.05) is 18.5 Å². The van der Waals surface area contributed by atoms with E-state index < -0.39 is 11.7 Å². The van der Waals surface area contributed by atoms with Gasteiger partial charge in [0, 0.05) is 24.2 Å². The fourth-order valence-electron chi connectivity index (χ4n) is 1.59. The molecule has 0 heterocycles. The van der Waals surface area contributed by atoms with Crippen molar-refractivity contribution < 1.29 is 9.18 Å². The van der Waals surface area contributed by atoms with E-state index in [2.05, 4.69) is 0 Å². The van der Waals surface area contributed by atoms with Gasteiger partial charge in [0.2, 0.25) is 5.91 Å². The number of carbonyl (C=O) groups is 1. The predicted molar refractivity (Wildman–Crippen MR) is 67.3 cm³/mol. The summed E-state index contributed by atoms with van der Waals surface area (Å²) in [6.07, 6.45) is 0.442. The highest BCUT2D eigenvalue weighted by Gasteiger charge is 2.20. The van der Waals surface area contributed by atoms with E-state index in [-0.39, 0.29) is 12.5 Å². The molecule has 1 rings (SSSR count). The van der Waals surface area contributed by atoms with Crippen molar-refractivity contribution in [2.45, 2.75) is 19.9 Å². The number of benzene rings is 1. The normalized spacial score (nSPS) is 11.7. The van der Waals surface area contributed by atoms with Gasteiger partial charge in [-0.05, 0) is 24.6 Å². The number of nitrogens with zero attached hydrogens (tertiary/aromatic N) is 2. The highest BCUT2D eigenvalue weighted by Crippen LogP contribution is 2.17. The van der Waals surface area contributed by atoms with Gasteiger partial charge in [0.05, 0.1) is 6.07 Å². The van der Waals surface area contributed by atoms with Gasteiger partial charge in [-0.25, -0.2) is 4.39 Å².